The zero-order chi connectivity index (χ0) is 16.1. The Hall–Kier alpha value is -2.34. The highest BCUT2D eigenvalue weighted by molar-refractivity contribution is 5.77. The maximum Gasteiger partial charge on any atom is 0.244 e. The lowest BCUT2D eigenvalue weighted by Gasteiger charge is -2.16. The van der Waals surface area contributed by atoms with Crippen molar-refractivity contribution in [3.8, 4) is 17.0 Å². The molecule has 1 aliphatic rings. The Kier molecular flexibility index (Phi) is 4.92. The van der Waals surface area contributed by atoms with Crippen LogP contribution in [0.2, 0.25) is 0 Å². The average molecular weight is 314 g/mol. The SMILES string of the molecule is NCCOc1ccc(-c2ccnn2CC(=O)N2CCCC2)cc1. The lowest BCUT2D eigenvalue weighted by molar-refractivity contribution is -0.130. The van der Waals surface area contributed by atoms with Crippen LogP contribution in [0.4, 0.5) is 0 Å². The highest BCUT2D eigenvalue weighted by atomic mass is 16.5. The van der Waals surface area contributed by atoms with Crippen LogP contribution in [-0.2, 0) is 11.3 Å². The van der Waals surface area contributed by atoms with Crippen molar-refractivity contribution < 1.29 is 9.53 Å². The van der Waals surface area contributed by atoms with Crippen LogP contribution < -0.4 is 10.5 Å². The lowest BCUT2D eigenvalue weighted by atomic mass is 10.1. The number of hydrogen-bond donors (Lipinski definition) is 1. The van der Waals surface area contributed by atoms with E-state index in [0.29, 0.717) is 13.2 Å². The fraction of sp³-hybridized carbons (Fsp3) is 0.412. The first-order valence-electron chi connectivity index (χ1n) is 8.01. The number of ether oxygens (including phenoxy) is 1. The Labute approximate surface area is 135 Å². The maximum absolute atomic E-state index is 12.3. The third kappa shape index (κ3) is 3.71. The number of carbonyl (C=O) groups excluding carboxylic acids is 1. The van der Waals surface area contributed by atoms with Gasteiger partial charge in [0.1, 0.15) is 18.9 Å². The summed E-state index contributed by atoms with van der Waals surface area (Å²) in [6.45, 7) is 3.01. The number of rotatable bonds is 6. The third-order valence-corrected chi connectivity index (χ3v) is 4.00. The topological polar surface area (TPSA) is 73.4 Å². The van der Waals surface area contributed by atoms with E-state index in [0.717, 1.165) is 42.9 Å². The molecule has 0 atom stereocenters. The molecule has 2 heterocycles. The first-order valence-corrected chi connectivity index (χ1v) is 8.01. The summed E-state index contributed by atoms with van der Waals surface area (Å²) < 4.78 is 7.24. The molecule has 122 valence electrons. The first-order chi connectivity index (χ1) is 11.3. The molecule has 1 aromatic carbocycles. The second-order valence-corrected chi connectivity index (χ2v) is 5.62. The zero-order valence-corrected chi connectivity index (χ0v) is 13.1. The number of hydrogen-bond acceptors (Lipinski definition) is 4. The van der Waals surface area contributed by atoms with Gasteiger partial charge in [-0.15, -0.1) is 0 Å². The molecule has 0 aliphatic carbocycles. The molecule has 1 aliphatic heterocycles. The normalized spacial score (nSPS) is 14.2. The van der Waals surface area contributed by atoms with Gasteiger partial charge in [-0.3, -0.25) is 9.48 Å². The van der Waals surface area contributed by atoms with Gasteiger partial charge in [0.15, 0.2) is 0 Å². The Morgan fingerprint density at radius 3 is 2.61 bits per heavy atom. The van der Waals surface area contributed by atoms with E-state index in [2.05, 4.69) is 5.10 Å². The summed E-state index contributed by atoms with van der Waals surface area (Å²) in [4.78, 5) is 14.2. The monoisotopic (exact) mass is 314 g/mol. The molecular weight excluding hydrogens is 292 g/mol. The molecule has 2 N–H and O–H groups in total. The molecule has 3 rings (SSSR count). The summed E-state index contributed by atoms with van der Waals surface area (Å²) >= 11 is 0. The van der Waals surface area contributed by atoms with E-state index < -0.39 is 0 Å². The smallest absolute Gasteiger partial charge is 0.244 e. The van der Waals surface area contributed by atoms with Crippen LogP contribution in [0.3, 0.4) is 0 Å². The number of nitrogens with zero attached hydrogens (tertiary/aromatic N) is 3. The molecule has 23 heavy (non-hydrogen) atoms. The molecule has 6 heteroatoms. The van der Waals surface area contributed by atoms with Gasteiger partial charge in [-0.2, -0.15) is 5.10 Å². The van der Waals surface area contributed by atoms with Crippen molar-refractivity contribution >= 4 is 5.91 Å². The van der Waals surface area contributed by atoms with Crippen molar-refractivity contribution in [2.24, 2.45) is 5.73 Å². The predicted octanol–water partition coefficient (Wildman–Crippen LogP) is 1.51. The first kappa shape index (κ1) is 15.6. The van der Waals surface area contributed by atoms with Crippen molar-refractivity contribution in [1.29, 1.82) is 0 Å². The number of likely N-dealkylation sites (tertiary alicyclic amines) is 1. The van der Waals surface area contributed by atoms with Gasteiger partial charge < -0.3 is 15.4 Å². The summed E-state index contributed by atoms with van der Waals surface area (Å²) in [5.41, 5.74) is 7.37. The van der Waals surface area contributed by atoms with Crippen LogP contribution in [0.5, 0.6) is 5.75 Å². The number of amides is 1. The minimum absolute atomic E-state index is 0.135. The Bertz CT molecular complexity index is 645. The average Bonchev–Trinajstić information content (AvgIpc) is 3.25. The van der Waals surface area contributed by atoms with Gasteiger partial charge in [0.05, 0.1) is 5.69 Å². The van der Waals surface area contributed by atoms with E-state index in [-0.39, 0.29) is 12.5 Å². The summed E-state index contributed by atoms with van der Waals surface area (Å²) in [6.07, 6.45) is 3.93. The van der Waals surface area contributed by atoms with E-state index in [9.17, 15) is 4.79 Å². The number of benzene rings is 1. The zero-order valence-electron chi connectivity index (χ0n) is 13.1. The molecule has 0 radical (unpaired) electrons. The molecule has 1 fully saturated rings. The molecule has 2 aromatic rings. The Morgan fingerprint density at radius 1 is 1.17 bits per heavy atom. The van der Waals surface area contributed by atoms with Crippen molar-refractivity contribution in [2.45, 2.75) is 19.4 Å². The minimum Gasteiger partial charge on any atom is -0.492 e. The number of carbonyl (C=O) groups is 1. The van der Waals surface area contributed by atoms with E-state index in [1.165, 1.54) is 0 Å². The summed E-state index contributed by atoms with van der Waals surface area (Å²) in [7, 11) is 0. The molecule has 1 amide bonds. The standard InChI is InChI=1S/C17H22N4O2/c18-8-12-23-15-5-3-14(4-6-15)16-7-9-19-21(16)13-17(22)20-10-1-2-11-20/h3-7,9H,1-2,8,10-13,18H2. The van der Waals surface area contributed by atoms with Gasteiger partial charge >= 0.3 is 0 Å². The van der Waals surface area contributed by atoms with Crippen LogP contribution in [0, 0.1) is 0 Å². The highest BCUT2D eigenvalue weighted by Crippen LogP contribution is 2.22. The molecule has 1 saturated heterocycles. The third-order valence-electron chi connectivity index (χ3n) is 4.00. The van der Waals surface area contributed by atoms with Crippen LogP contribution in [-0.4, -0.2) is 46.8 Å². The van der Waals surface area contributed by atoms with Crippen LogP contribution in [0.15, 0.2) is 36.5 Å². The largest absolute Gasteiger partial charge is 0.492 e. The van der Waals surface area contributed by atoms with E-state index in [1.807, 2.05) is 35.2 Å². The minimum atomic E-state index is 0.135. The fourth-order valence-electron chi connectivity index (χ4n) is 2.80. The van der Waals surface area contributed by atoms with Crippen molar-refractivity contribution in [2.75, 3.05) is 26.2 Å². The van der Waals surface area contributed by atoms with Crippen LogP contribution in [0.1, 0.15) is 12.8 Å². The van der Waals surface area contributed by atoms with Gasteiger partial charge in [-0.1, -0.05) is 0 Å². The lowest BCUT2D eigenvalue weighted by Crippen LogP contribution is -2.31. The van der Waals surface area contributed by atoms with Crippen LogP contribution >= 0.6 is 0 Å². The van der Waals surface area contributed by atoms with Gasteiger partial charge in [-0.05, 0) is 43.2 Å². The molecule has 1 aromatic heterocycles. The molecule has 0 unspecified atom stereocenters. The number of aromatic nitrogens is 2. The van der Waals surface area contributed by atoms with E-state index >= 15 is 0 Å². The Balaban J connectivity index is 1.71. The fourth-order valence-corrected chi connectivity index (χ4v) is 2.80. The molecular formula is C17H22N4O2. The number of nitrogens with two attached hydrogens (primary N) is 1. The van der Waals surface area contributed by atoms with Gasteiger partial charge in [0, 0.05) is 31.4 Å². The molecule has 0 spiro atoms. The molecule has 6 nitrogen and oxygen atoms in total. The summed E-state index contributed by atoms with van der Waals surface area (Å²) in [5, 5.41) is 4.30. The molecule has 0 saturated carbocycles. The highest BCUT2D eigenvalue weighted by Gasteiger charge is 2.19. The van der Waals surface area contributed by atoms with Crippen molar-refractivity contribution in [3.05, 3.63) is 36.5 Å². The quantitative estimate of drug-likeness (QED) is 0.877. The van der Waals surface area contributed by atoms with Crippen molar-refractivity contribution in [3.63, 3.8) is 0 Å². The predicted molar refractivity (Wildman–Crippen MR) is 88.0 cm³/mol. The second kappa shape index (κ2) is 7.28. The van der Waals surface area contributed by atoms with Gasteiger partial charge in [0.2, 0.25) is 5.91 Å². The van der Waals surface area contributed by atoms with E-state index in [4.69, 9.17) is 10.5 Å². The van der Waals surface area contributed by atoms with Crippen molar-refractivity contribution in [1.82, 2.24) is 14.7 Å². The summed E-state index contributed by atoms with van der Waals surface area (Å²) in [6, 6.07) is 9.68. The molecule has 0 bridgehead atoms. The Morgan fingerprint density at radius 2 is 1.91 bits per heavy atom. The van der Waals surface area contributed by atoms with E-state index in [1.54, 1.807) is 10.9 Å². The maximum atomic E-state index is 12.3. The van der Waals surface area contributed by atoms with Gasteiger partial charge in [-0.25, -0.2) is 0 Å². The van der Waals surface area contributed by atoms with Gasteiger partial charge in [0.25, 0.3) is 0 Å². The summed E-state index contributed by atoms with van der Waals surface area (Å²) in [5.74, 6) is 0.925. The van der Waals surface area contributed by atoms with Crippen LogP contribution in [0.25, 0.3) is 11.3 Å². The second-order valence-electron chi connectivity index (χ2n) is 5.62.